The van der Waals surface area contributed by atoms with E-state index >= 15 is 0 Å². The standard InChI is InChI=1S/B.Ni.Sn.W. The molecule has 0 aromatic carbocycles. The molecule has 0 rings (SSSR count). The minimum absolute atomic E-state index is 0. The molecule has 0 N–H and O–H groups in total. The molecule has 0 nitrogen and oxygen atoms in total. The van der Waals surface area contributed by atoms with Crippen LogP contribution in [0.2, 0.25) is 0 Å². The van der Waals surface area contributed by atoms with Crippen molar-refractivity contribution in [2.45, 2.75) is 0 Å². The van der Waals surface area contributed by atoms with E-state index in [2.05, 4.69) is 0 Å². The van der Waals surface area contributed by atoms with Crippen LogP contribution in [0.5, 0.6) is 0 Å². The van der Waals surface area contributed by atoms with Crippen LogP contribution in [0.1, 0.15) is 0 Å². The van der Waals surface area contributed by atoms with Gasteiger partial charge in [0.05, 0.1) is 0 Å². The molecule has 0 atom stereocenters. The van der Waals surface area contributed by atoms with E-state index in [1.165, 1.54) is 0 Å². The molecular formula is BNiSnW. The first-order valence-corrected chi connectivity index (χ1v) is 0. The number of hydrogen-bond donors (Lipinski definition) is 0. The number of hydrogen-bond acceptors (Lipinski definition) is 0. The predicted octanol–water partition coefficient (Wildman–Crippen LogP) is -0.767. The van der Waals surface area contributed by atoms with Gasteiger partial charge in [0, 0.05) is 69.9 Å². The van der Waals surface area contributed by atoms with E-state index in [-0.39, 0.29) is 69.9 Å². The van der Waals surface area contributed by atoms with E-state index in [1.54, 1.807) is 0 Å². The summed E-state index contributed by atoms with van der Waals surface area (Å²) in [5.74, 6) is 0. The minimum Gasteiger partial charge on any atom is 0 e. The van der Waals surface area contributed by atoms with Gasteiger partial charge in [0.25, 0.3) is 0 Å². The van der Waals surface area contributed by atoms with E-state index in [9.17, 15) is 0 Å². The van der Waals surface area contributed by atoms with E-state index in [4.69, 9.17) is 0 Å². The van der Waals surface area contributed by atoms with Crippen LogP contribution in [-0.4, -0.2) is 32.3 Å². The molecule has 0 fully saturated rings. The van der Waals surface area contributed by atoms with Crippen LogP contribution in [0.25, 0.3) is 0 Å². The van der Waals surface area contributed by atoms with Crippen molar-refractivity contribution in [3.8, 4) is 0 Å². The third-order valence-corrected chi connectivity index (χ3v) is 0. The summed E-state index contributed by atoms with van der Waals surface area (Å²) in [6.07, 6.45) is 0. The van der Waals surface area contributed by atoms with Crippen molar-refractivity contribution in [3.05, 3.63) is 0 Å². The van der Waals surface area contributed by atoms with Crippen molar-refractivity contribution >= 4 is 32.3 Å². The Hall–Kier alpha value is 2.05. The third kappa shape index (κ3) is 8.97. The quantitative estimate of drug-likeness (QED) is 0.491. The van der Waals surface area contributed by atoms with Crippen LogP contribution in [0.3, 0.4) is 0 Å². The molecular weight excluding hydrogens is 372 g/mol. The van der Waals surface area contributed by atoms with Crippen LogP contribution >= 0.6 is 0 Å². The van der Waals surface area contributed by atoms with Gasteiger partial charge in [0.2, 0.25) is 0 Å². The minimum atomic E-state index is 0. The van der Waals surface area contributed by atoms with Crippen molar-refractivity contribution < 1.29 is 37.6 Å². The molecule has 0 saturated heterocycles. The van der Waals surface area contributed by atoms with Crippen LogP contribution in [0.15, 0.2) is 0 Å². The summed E-state index contributed by atoms with van der Waals surface area (Å²) >= 11 is 0. The Bertz CT molecular complexity index is 8.00. The van der Waals surface area contributed by atoms with Gasteiger partial charge in [-0.1, -0.05) is 0 Å². The Morgan fingerprint density at radius 2 is 1.00 bits per heavy atom. The predicted molar refractivity (Wildman–Crippen MR) is 11.5 cm³/mol. The van der Waals surface area contributed by atoms with Crippen LogP contribution in [0.4, 0.5) is 0 Å². The third-order valence-electron chi connectivity index (χ3n) is 0. The smallest absolute Gasteiger partial charge is 0 e. The van der Waals surface area contributed by atoms with E-state index < -0.39 is 0 Å². The number of rotatable bonds is 0. The van der Waals surface area contributed by atoms with Gasteiger partial charge in [0.1, 0.15) is 0 Å². The Kier molecular flexibility index (Phi) is 181. The summed E-state index contributed by atoms with van der Waals surface area (Å²) in [5, 5.41) is 0. The second kappa shape index (κ2) is 19.7. The van der Waals surface area contributed by atoms with Gasteiger partial charge in [-0.15, -0.1) is 0 Å². The average molecular weight is 372 g/mol. The van der Waals surface area contributed by atoms with Gasteiger partial charge < -0.3 is 0 Å². The second-order valence-corrected chi connectivity index (χ2v) is 0. The SMILES string of the molecule is [B].[Ni].[Sn].[W]. The van der Waals surface area contributed by atoms with E-state index in [0.717, 1.165) is 0 Å². The van der Waals surface area contributed by atoms with Crippen molar-refractivity contribution in [3.63, 3.8) is 0 Å². The fourth-order valence-electron chi connectivity index (χ4n) is 0. The summed E-state index contributed by atoms with van der Waals surface area (Å²) in [5.41, 5.74) is 0. The average Bonchev–Trinajstić information content (AvgIpc) is 0. The Balaban J connectivity index is 0. The first kappa shape index (κ1) is 36.8. The first-order chi connectivity index (χ1) is 0. The van der Waals surface area contributed by atoms with Crippen molar-refractivity contribution in [2.75, 3.05) is 0 Å². The molecule has 4 heteroatoms. The fourth-order valence-corrected chi connectivity index (χ4v) is 0. The first-order valence-electron chi connectivity index (χ1n) is 0. The molecule has 0 spiro atoms. The molecule has 0 bridgehead atoms. The summed E-state index contributed by atoms with van der Waals surface area (Å²) in [7, 11) is 0. The molecule has 23 valence electrons. The molecule has 0 heterocycles. The van der Waals surface area contributed by atoms with Crippen molar-refractivity contribution in [1.82, 2.24) is 0 Å². The molecule has 7 radical (unpaired) electrons. The Morgan fingerprint density at radius 3 is 1.00 bits per heavy atom. The summed E-state index contributed by atoms with van der Waals surface area (Å²) < 4.78 is 0. The molecule has 0 aliphatic carbocycles. The van der Waals surface area contributed by atoms with Gasteiger partial charge in [-0.05, 0) is 0 Å². The summed E-state index contributed by atoms with van der Waals surface area (Å²) in [6, 6.07) is 0. The summed E-state index contributed by atoms with van der Waals surface area (Å²) in [6.45, 7) is 0. The van der Waals surface area contributed by atoms with Gasteiger partial charge in [-0.2, -0.15) is 0 Å². The Labute approximate surface area is 69.2 Å². The normalized spacial score (nSPS) is 0. The van der Waals surface area contributed by atoms with E-state index in [1.807, 2.05) is 0 Å². The largest absolute Gasteiger partial charge is 0 e. The van der Waals surface area contributed by atoms with E-state index in [0.29, 0.717) is 0 Å². The second-order valence-electron chi connectivity index (χ2n) is 0. The molecule has 0 aliphatic rings. The molecule has 0 aliphatic heterocycles. The molecule has 4 heavy (non-hydrogen) atoms. The molecule has 0 saturated carbocycles. The maximum absolute atomic E-state index is 0. The zero-order valence-corrected chi connectivity index (χ0v) is 8.58. The molecule has 0 unspecified atom stereocenters. The zero-order valence-electron chi connectivity index (χ0n) is 1.80. The monoisotopic (exact) mass is 373 g/mol. The molecule has 0 aromatic heterocycles. The molecule has 0 amide bonds. The van der Waals surface area contributed by atoms with Crippen LogP contribution < -0.4 is 0 Å². The zero-order chi connectivity index (χ0) is 0. The maximum Gasteiger partial charge on any atom is 0 e. The maximum atomic E-state index is 0. The fraction of sp³-hybridized carbons (Fsp3) is 0. The van der Waals surface area contributed by atoms with Gasteiger partial charge >= 0.3 is 0 Å². The van der Waals surface area contributed by atoms with Gasteiger partial charge in [-0.3, -0.25) is 0 Å². The molecule has 0 aromatic rings. The Morgan fingerprint density at radius 1 is 1.00 bits per heavy atom. The van der Waals surface area contributed by atoms with Crippen molar-refractivity contribution in [1.29, 1.82) is 0 Å². The topological polar surface area (TPSA) is 0 Å². The van der Waals surface area contributed by atoms with Crippen LogP contribution in [0, 0.1) is 0 Å². The van der Waals surface area contributed by atoms with Gasteiger partial charge in [-0.25, -0.2) is 0 Å². The van der Waals surface area contributed by atoms with Crippen LogP contribution in [-0.2, 0) is 37.6 Å². The summed E-state index contributed by atoms with van der Waals surface area (Å²) in [4.78, 5) is 0. The van der Waals surface area contributed by atoms with Crippen molar-refractivity contribution in [2.24, 2.45) is 0 Å². The van der Waals surface area contributed by atoms with Gasteiger partial charge in [0.15, 0.2) is 0 Å².